The zero-order chi connectivity index (χ0) is 12.4. The molecule has 0 unspecified atom stereocenters. The van der Waals surface area contributed by atoms with Crippen molar-refractivity contribution in [3.8, 4) is 10.8 Å². The molecule has 0 radical (unpaired) electrons. The van der Waals surface area contributed by atoms with Crippen LogP contribution in [0.1, 0.15) is 11.7 Å². The second-order valence-electron chi connectivity index (χ2n) is 3.37. The fourth-order valence-electron chi connectivity index (χ4n) is 1.29. The highest BCUT2D eigenvalue weighted by atomic mass is 32.2. The minimum atomic E-state index is 0.495. The maximum Gasteiger partial charge on any atom is 0.277 e. The van der Waals surface area contributed by atoms with Crippen LogP contribution in [0.5, 0.6) is 0 Å². The summed E-state index contributed by atoms with van der Waals surface area (Å²) in [5.41, 5.74) is 0. The van der Waals surface area contributed by atoms with Gasteiger partial charge in [-0.25, -0.2) is 0 Å². The molecule has 92 valence electrons. The summed E-state index contributed by atoms with van der Waals surface area (Å²) in [5, 5.41) is 14.1. The van der Waals surface area contributed by atoms with Crippen LogP contribution in [0.4, 0.5) is 0 Å². The first-order valence-electron chi connectivity index (χ1n) is 5.10. The third kappa shape index (κ3) is 2.44. The van der Waals surface area contributed by atoms with Crippen molar-refractivity contribution in [2.75, 3.05) is 0 Å². The molecule has 0 aliphatic rings. The number of thiophene rings is 1. The molecule has 3 aromatic rings. The summed E-state index contributed by atoms with van der Waals surface area (Å²) >= 11 is 2.93. The molecule has 0 aliphatic carbocycles. The first kappa shape index (κ1) is 11.4. The molecule has 3 rings (SSSR count). The lowest BCUT2D eigenvalue weighted by molar-refractivity contribution is 0.386. The predicted molar refractivity (Wildman–Crippen MR) is 66.2 cm³/mol. The SMILES string of the molecule is Cc1noc(CSc2nnc(-c3cccs3)o2)n1. The standard InChI is InChI=1S/C10H8N4O2S2/c1-6-11-8(16-14-6)5-18-10-13-12-9(15-10)7-3-2-4-17-7/h2-4H,5H2,1H3. The molecule has 0 fully saturated rings. The molecule has 0 atom stereocenters. The molecule has 0 saturated carbocycles. The Bertz CT molecular complexity index is 632. The van der Waals surface area contributed by atoms with Gasteiger partial charge in [-0.05, 0) is 18.4 Å². The number of thioether (sulfide) groups is 1. The normalized spacial score (nSPS) is 10.9. The van der Waals surface area contributed by atoms with Gasteiger partial charge in [0, 0.05) is 0 Å². The molecule has 0 spiro atoms. The first-order chi connectivity index (χ1) is 8.81. The van der Waals surface area contributed by atoms with E-state index in [1.54, 1.807) is 18.3 Å². The van der Waals surface area contributed by atoms with E-state index in [9.17, 15) is 0 Å². The van der Waals surface area contributed by atoms with Crippen LogP contribution in [0.3, 0.4) is 0 Å². The van der Waals surface area contributed by atoms with Gasteiger partial charge in [-0.15, -0.1) is 21.5 Å². The largest absolute Gasteiger partial charge is 0.410 e. The Morgan fingerprint density at radius 1 is 1.39 bits per heavy atom. The lowest BCUT2D eigenvalue weighted by atomic mass is 10.5. The smallest absolute Gasteiger partial charge is 0.277 e. The van der Waals surface area contributed by atoms with Crippen molar-refractivity contribution in [2.24, 2.45) is 0 Å². The lowest BCUT2D eigenvalue weighted by Gasteiger charge is -1.89. The summed E-state index contributed by atoms with van der Waals surface area (Å²) in [7, 11) is 0. The van der Waals surface area contributed by atoms with Crippen molar-refractivity contribution >= 4 is 23.1 Å². The topological polar surface area (TPSA) is 77.8 Å². The Morgan fingerprint density at radius 3 is 3.06 bits per heavy atom. The van der Waals surface area contributed by atoms with Crippen LogP contribution in [-0.2, 0) is 5.75 Å². The zero-order valence-corrected chi connectivity index (χ0v) is 11.0. The van der Waals surface area contributed by atoms with E-state index in [2.05, 4.69) is 20.3 Å². The molecule has 0 amide bonds. The number of aromatic nitrogens is 4. The molecule has 0 saturated heterocycles. The molecule has 0 N–H and O–H groups in total. The maximum absolute atomic E-state index is 5.52. The van der Waals surface area contributed by atoms with Gasteiger partial charge in [-0.1, -0.05) is 23.0 Å². The Kier molecular flexibility index (Phi) is 3.11. The Labute approximate surface area is 110 Å². The van der Waals surface area contributed by atoms with Crippen molar-refractivity contribution in [1.29, 1.82) is 0 Å². The van der Waals surface area contributed by atoms with Gasteiger partial charge in [0.2, 0.25) is 5.89 Å². The van der Waals surface area contributed by atoms with Gasteiger partial charge in [-0.3, -0.25) is 0 Å². The quantitative estimate of drug-likeness (QED) is 0.680. The number of aryl methyl sites for hydroxylation is 1. The van der Waals surface area contributed by atoms with Crippen molar-refractivity contribution in [3.05, 3.63) is 29.2 Å². The molecule has 8 heteroatoms. The minimum absolute atomic E-state index is 0.495. The minimum Gasteiger partial charge on any atom is -0.410 e. The van der Waals surface area contributed by atoms with Crippen LogP contribution in [0.15, 0.2) is 31.7 Å². The molecule has 3 heterocycles. The van der Waals surface area contributed by atoms with Crippen molar-refractivity contribution in [3.63, 3.8) is 0 Å². The van der Waals surface area contributed by atoms with E-state index in [1.807, 2.05) is 17.5 Å². The van der Waals surface area contributed by atoms with Crippen LogP contribution in [0, 0.1) is 6.92 Å². The van der Waals surface area contributed by atoms with Gasteiger partial charge in [0.1, 0.15) is 0 Å². The summed E-state index contributed by atoms with van der Waals surface area (Å²) in [5.74, 6) is 2.23. The van der Waals surface area contributed by atoms with Gasteiger partial charge < -0.3 is 8.94 Å². The molecule has 6 nitrogen and oxygen atoms in total. The van der Waals surface area contributed by atoms with Crippen molar-refractivity contribution in [2.45, 2.75) is 17.9 Å². The highest BCUT2D eigenvalue weighted by Gasteiger charge is 2.11. The van der Waals surface area contributed by atoms with Crippen LogP contribution < -0.4 is 0 Å². The third-order valence-corrected chi connectivity index (χ3v) is 3.69. The van der Waals surface area contributed by atoms with Gasteiger partial charge in [0.05, 0.1) is 10.6 Å². The van der Waals surface area contributed by atoms with Gasteiger partial charge in [0.15, 0.2) is 5.82 Å². The van der Waals surface area contributed by atoms with E-state index < -0.39 is 0 Å². The van der Waals surface area contributed by atoms with E-state index >= 15 is 0 Å². The summed E-state index contributed by atoms with van der Waals surface area (Å²) < 4.78 is 10.5. The summed E-state index contributed by atoms with van der Waals surface area (Å²) in [6, 6.07) is 3.88. The van der Waals surface area contributed by atoms with Crippen molar-refractivity contribution < 1.29 is 8.94 Å². The van der Waals surface area contributed by atoms with Gasteiger partial charge >= 0.3 is 0 Å². The Hall–Kier alpha value is -1.67. The van der Waals surface area contributed by atoms with Crippen molar-refractivity contribution in [1.82, 2.24) is 20.3 Å². The fraction of sp³-hybridized carbons (Fsp3) is 0.200. The second-order valence-corrected chi connectivity index (χ2v) is 5.25. The Balaban J connectivity index is 1.67. The fourth-order valence-corrected chi connectivity index (χ4v) is 2.53. The van der Waals surface area contributed by atoms with Gasteiger partial charge in [-0.2, -0.15) is 4.98 Å². The van der Waals surface area contributed by atoms with E-state index in [4.69, 9.17) is 8.94 Å². The van der Waals surface area contributed by atoms with Crippen LogP contribution in [0.25, 0.3) is 10.8 Å². The predicted octanol–water partition coefficient (Wildman–Crippen LogP) is 2.78. The third-order valence-electron chi connectivity index (χ3n) is 2.03. The number of nitrogens with zero attached hydrogens (tertiary/aromatic N) is 4. The van der Waals surface area contributed by atoms with E-state index in [0.717, 1.165) is 4.88 Å². The molecule has 0 aliphatic heterocycles. The lowest BCUT2D eigenvalue weighted by Crippen LogP contribution is -1.80. The maximum atomic E-state index is 5.52. The average molecular weight is 280 g/mol. The molecule has 18 heavy (non-hydrogen) atoms. The van der Waals surface area contributed by atoms with E-state index in [1.165, 1.54) is 11.8 Å². The molecular formula is C10H8N4O2S2. The molecule has 0 bridgehead atoms. The van der Waals surface area contributed by atoms with E-state index in [0.29, 0.717) is 28.6 Å². The van der Waals surface area contributed by atoms with Gasteiger partial charge in [0.25, 0.3) is 11.1 Å². The molecule has 0 aromatic carbocycles. The molecular weight excluding hydrogens is 272 g/mol. The highest BCUT2D eigenvalue weighted by molar-refractivity contribution is 7.98. The van der Waals surface area contributed by atoms with Crippen LogP contribution in [0.2, 0.25) is 0 Å². The number of hydrogen-bond donors (Lipinski definition) is 0. The number of rotatable bonds is 4. The summed E-state index contributed by atoms with van der Waals surface area (Å²) in [6.45, 7) is 1.78. The first-order valence-corrected chi connectivity index (χ1v) is 6.97. The Morgan fingerprint density at radius 2 is 2.33 bits per heavy atom. The summed E-state index contributed by atoms with van der Waals surface area (Å²) in [6.07, 6.45) is 0. The number of hydrogen-bond acceptors (Lipinski definition) is 8. The highest BCUT2D eigenvalue weighted by Crippen LogP contribution is 2.27. The van der Waals surface area contributed by atoms with Crippen LogP contribution in [-0.4, -0.2) is 20.3 Å². The van der Waals surface area contributed by atoms with Crippen LogP contribution >= 0.6 is 23.1 Å². The monoisotopic (exact) mass is 280 g/mol. The second kappa shape index (κ2) is 4.91. The molecule has 3 aromatic heterocycles. The average Bonchev–Trinajstić information content (AvgIpc) is 3.07. The van der Waals surface area contributed by atoms with E-state index in [-0.39, 0.29) is 0 Å². The summed E-state index contributed by atoms with van der Waals surface area (Å²) in [4.78, 5) is 5.06. The zero-order valence-electron chi connectivity index (χ0n) is 9.36.